The number of carbonyl (C=O) groups is 1. The fourth-order valence-corrected chi connectivity index (χ4v) is 6.44. The van der Waals surface area contributed by atoms with Crippen molar-refractivity contribution < 1.29 is 30.8 Å². The minimum absolute atomic E-state index is 0.0184. The Morgan fingerprint density at radius 1 is 0.829 bits per heavy atom. The second kappa shape index (κ2) is 12.0. The summed E-state index contributed by atoms with van der Waals surface area (Å²) in [5, 5.41) is 2.60. The van der Waals surface area contributed by atoms with Crippen LogP contribution >= 0.6 is 0 Å². The van der Waals surface area contributed by atoms with Crippen LogP contribution in [-0.4, -0.2) is 36.4 Å². The summed E-state index contributed by atoms with van der Waals surface area (Å²) >= 11 is 0. The van der Waals surface area contributed by atoms with E-state index in [4.69, 9.17) is 4.74 Å². The topological polar surface area (TPSA) is 122 Å². The first-order valence-corrected chi connectivity index (χ1v) is 15.2. The molecule has 4 aromatic carbocycles. The summed E-state index contributed by atoms with van der Waals surface area (Å²) in [5.74, 6) is -0.803. The highest BCUT2D eigenvalue weighted by Gasteiger charge is 2.27. The molecule has 0 fully saturated rings. The Kier molecular flexibility index (Phi) is 8.64. The van der Waals surface area contributed by atoms with E-state index in [0.29, 0.717) is 11.4 Å². The molecule has 0 aliphatic heterocycles. The fraction of sp³-hybridized carbons (Fsp3) is 0.138. The van der Waals surface area contributed by atoms with E-state index >= 15 is 0 Å². The van der Waals surface area contributed by atoms with Crippen LogP contribution < -0.4 is 19.1 Å². The van der Waals surface area contributed by atoms with E-state index in [1.165, 1.54) is 43.5 Å². The van der Waals surface area contributed by atoms with E-state index in [0.717, 1.165) is 39.7 Å². The number of amides is 1. The van der Waals surface area contributed by atoms with Gasteiger partial charge >= 0.3 is 0 Å². The highest BCUT2D eigenvalue weighted by molar-refractivity contribution is 7.93. The maximum Gasteiger partial charge on any atom is 0.264 e. The molecule has 9 nitrogen and oxygen atoms in total. The van der Waals surface area contributed by atoms with Gasteiger partial charge < -0.3 is 10.1 Å². The quantitative estimate of drug-likeness (QED) is 0.263. The highest BCUT2D eigenvalue weighted by Crippen LogP contribution is 2.27. The molecular weight excluding hydrogens is 569 g/mol. The van der Waals surface area contributed by atoms with Crippen LogP contribution in [0.25, 0.3) is 0 Å². The first kappa shape index (κ1) is 29.6. The minimum atomic E-state index is -4.26. The summed E-state index contributed by atoms with van der Waals surface area (Å²) in [6.07, 6.45) is 0. The van der Waals surface area contributed by atoms with Crippen molar-refractivity contribution in [2.24, 2.45) is 0 Å². The summed E-state index contributed by atoms with van der Waals surface area (Å²) in [5.41, 5.74) is 2.57. The molecule has 0 saturated carbocycles. The molecule has 0 aliphatic carbocycles. The smallest absolute Gasteiger partial charge is 0.264 e. The summed E-state index contributed by atoms with van der Waals surface area (Å²) in [4.78, 5) is 12.8. The van der Waals surface area contributed by atoms with Gasteiger partial charge in [0.15, 0.2) is 0 Å². The average molecular weight is 598 g/mol. The lowest BCUT2D eigenvalue weighted by Crippen LogP contribution is -2.38. The maximum atomic E-state index is 13.5. The molecule has 214 valence electrons. The number of anilines is 3. The van der Waals surface area contributed by atoms with Crippen LogP contribution in [0.2, 0.25) is 0 Å². The number of ether oxygens (including phenoxy) is 1. The van der Waals surface area contributed by atoms with E-state index in [9.17, 15) is 26.0 Å². The predicted molar refractivity (Wildman–Crippen MR) is 156 cm³/mol. The van der Waals surface area contributed by atoms with Gasteiger partial charge in [-0.3, -0.25) is 13.8 Å². The van der Waals surface area contributed by atoms with Crippen molar-refractivity contribution in [3.8, 4) is 5.75 Å². The van der Waals surface area contributed by atoms with E-state index < -0.39 is 38.3 Å². The van der Waals surface area contributed by atoms with Gasteiger partial charge in [-0.1, -0.05) is 12.1 Å². The number of aryl methyl sites for hydroxylation is 2. The molecule has 4 rings (SSSR count). The van der Waals surface area contributed by atoms with Gasteiger partial charge in [0.1, 0.15) is 18.1 Å². The molecule has 2 N–H and O–H groups in total. The molecule has 0 spiro atoms. The van der Waals surface area contributed by atoms with Crippen LogP contribution in [0.3, 0.4) is 0 Å². The third-order valence-electron chi connectivity index (χ3n) is 6.14. The third kappa shape index (κ3) is 7.02. The van der Waals surface area contributed by atoms with Gasteiger partial charge in [-0.15, -0.1) is 0 Å². The van der Waals surface area contributed by atoms with Crippen LogP contribution in [0.5, 0.6) is 5.75 Å². The maximum absolute atomic E-state index is 13.5. The molecule has 41 heavy (non-hydrogen) atoms. The van der Waals surface area contributed by atoms with Gasteiger partial charge in [0, 0.05) is 5.69 Å². The number of hydrogen-bond donors (Lipinski definition) is 2. The zero-order valence-electron chi connectivity index (χ0n) is 22.5. The standard InChI is InChI=1S/C29H28FN3O6S2/c1-20-4-5-21(2)28(18-20)32-40(35,36)26-16-8-23(9-17-26)31-29(34)19-33(24-10-12-25(39-3)13-11-24)41(37,38)27-14-6-22(30)7-15-27/h4-18,32H,19H2,1-3H3,(H,31,34). The molecule has 0 unspecified atom stereocenters. The lowest BCUT2D eigenvalue weighted by atomic mass is 10.1. The molecule has 12 heteroatoms. The van der Waals surface area contributed by atoms with Gasteiger partial charge in [0.25, 0.3) is 20.0 Å². The van der Waals surface area contributed by atoms with Gasteiger partial charge in [0.05, 0.1) is 28.3 Å². The third-order valence-corrected chi connectivity index (χ3v) is 9.30. The number of nitrogens with zero attached hydrogens (tertiary/aromatic N) is 1. The Morgan fingerprint density at radius 3 is 2.05 bits per heavy atom. The van der Waals surface area contributed by atoms with Gasteiger partial charge in [-0.2, -0.15) is 0 Å². The molecular formula is C29H28FN3O6S2. The van der Waals surface area contributed by atoms with Crippen LogP contribution in [0, 0.1) is 19.7 Å². The Labute approximate surface area is 238 Å². The molecule has 4 aromatic rings. The van der Waals surface area contributed by atoms with E-state index in [1.54, 1.807) is 25.1 Å². The number of rotatable bonds is 10. The van der Waals surface area contributed by atoms with E-state index in [-0.39, 0.29) is 21.2 Å². The molecule has 0 saturated heterocycles. The van der Waals surface area contributed by atoms with Crippen molar-refractivity contribution in [3.63, 3.8) is 0 Å². The highest BCUT2D eigenvalue weighted by atomic mass is 32.2. The molecule has 0 bridgehead atoms. The summed E-state index contributed by atoms with van der Waals surface area (Å²) in [7, 11) is -6.70. The van der Waals surface area contributed by atoms with E-state index in [1.807, 2.05) is 19.1 Å². The zero-order chi connectivity index (χ0) is 29.8. The molecule has 0 aromatic heterocycles. The number of benzene rings is 4. The SMILES string of the molecule is COc1ccc(N(CC(=O)Nc2ccc(S(=O)(=O)Nc3cc(C)ccc3C)cc2)S(=O)(=O)c2ccc(F)cc2)cc1. The number of sulfonamides is 2. The fourth-order valence-electron chi connectivity index (χ4n) is 3.90. The van der Waals surface area contributed by atoms with Crippen molar-refractivity contribution in [1.29, 1.82) is 0 Å². The van der Waals surface area contributed by atoms with Crippen LogP contribution in [0.1, 0.15) is 11.1 Å². The average Bonchev–Trinajstić information content (AvgIpc) is 2.94. The summed E-state index contributed by atoms with van der Waals surface area (Å²) in [6, 6.07) is 21.2. The molecule has 0 aliphatic rings. The number of halogens is 1. The monoisotopic (exact) mass is 597 g/mol. The number of methoxy groups -OCH3 is 1. The Balaban J connectivity index is 1.54. The van der Waals surface area contributed by atoms with Gasteiger partial charge in [-0.25, -0.2) is 21.2 Å². The lowest BCUT2D eigenvalue weighted by molar-refractivity contribution is -0.114. The van der Waals surface area contributed by atoms with Gasteiger partial charge in [0.2, 0.25) is 5.91 Å². The summed E-state index contributed by atoms with van der Waals surface area (Å²) in [6.45, 7) is 3.04. The van der Waals surface area contributed by atoms with Crippen LogP contribution in [0.4, 0.5) is 21.5 Å². The Bertz CT molecular complexity index is 1760. The second-order valence-electron chi connectivity index (χ2n) is 9.16. The lowest BCUT2D eigenvalue weighted by Gasteiger charge is -2.24. The van der Waals surface area contributed by atoms with Crippen LogP contribution in [0.15, 0.2) is 101 Å². The van der Waals surface area contributed by atoms with Crippen molar-refractivity contribution >= 4 is 43.0 Å². The molecule has 1 amide bonds. The molecule has 0 heterocycles. The first-order chi connectivity index (χ1) is 19.4. The largest absolute Gasteiger partial charge is 0.497 e. The zero-order valence-corrected chi connectivity index (χ0v) is 24.1. The van der Waals surface area contributed by atoms with Crippen molar-refractivity contribution in [2.75, 3.05) is 28.0 Å². The Hall–Kier alpha value is -4.42. The normalized spacial score (nSPS) is 11.5. The number of hydrogen-bond acceptors (Lipinski definition) is 6. The van der Waals surface area contributed by atoms with Crippen molar-refractivity contribution in [3.05, 3.63) is 108 Å². The minimum Gasteiger partial charge on any atom is -0.497 e. The predicted octanol–water partition coefficient (Wildman–Crippen LogP) is 5.09. The second-order valence-corrected chi connectivity index (χ2v) is 12.7. The number of nitrogens with one attached hydrogen (secondary N) is 2. The van der Waals surface area contributed by atoms with Gasteiger partial charge in [-0.05, 0) is 104 Å². The first-order valence-electron chi connectivity index (χ1n) is 12.3. The van der Waals surface area contributed by atoms with Crippen LogP contribution in [-0.2, 0) is 24.8 Å². The molecule has 0 radical (unpaired) electrons. The van der Waals surface area contributed by atoms with Crippen molar-refractivity contribution in [1.82, 2.24) is 0 Å². The molecule has 0 atom stereocenters. The number of carbonyl (C=O) groups excluding carboxylic acids is 1. The Morgan fingerprint density at radius 2 is 1.44 bits per heavy atom. The summed E-state index contributed by atoms with van der Waals surface area (Å²) < 4.78 is 74.8. The van der Waals surface area contributed by atoms with Crippen molar-refractivity contribution in [2.45, 2.75) is 23.6 Å². The van der Waals surface area contributed by atoms with E-state index in [2.05, 4.69) is 10.0 Å².